The van der Waals surface area contributed by atoms with E-state index in [9.17, 15) is 13.2 Å². The zero-order valence-electron chi connectivity index (χ0n) is 17.1. The monoisotopic (exact) mass is 418 g/mol. The van der Waals surface area contributed by atoms with Crippen LogP contribution in [0.4, 0.5) is 5.82 Å². The van der Waals surface area contributed by atoms with E-state index in [1.807, 2.05) is 6.07 Å². The number of carbonyl (C=O) groups is 1. The maximum Gasteiger partial charge on any atom is 0.256 e. The molecule has 0 aliphatic heterocycles. The fourth-order valence-corrected chi connectivity index (χ4v) is 5.44. The van der Waals surface area contributed by atoms with E-state index < -0.39 is 10.0 Å². The second-order valence-corrected chi connectivity index (χ2v) is 9.50. The molecule has 2 aromatic rings. The van der Waals surface area contributed by atoms with Crippen LogP contribution in [0.1, 0.15) is 62.0 Å². The van der Waals surface area contributed by atoms with Crippen molar-refractivity contribution in [2.24, 2.45) is 5.92 Å². The molecule has 158 valence electrons. The molecular weight excluding hydrogens is 388 g/mol. The molecule has 0 radical (unpaired) electrons. The summed E-state index contributed by atoms with van der Waals surface area (Å²) in [6.07, 6.45) is 7.33. The van der Waals surface area contributed by atoms with Crippen LogP contribution in [0.5, 0.6) is 0 Å². The third kappa shape index (κ3) is 5.25. The van der Waals surface area contributed by atoms with Crippen molar-refractivity contribution in [1.82, 2.24) is 14.5 Å². The summed E-state index contributed by atoms with van der Waals surface area (Å²) in [7, 11) is -3.61. The van der Waals surface area contributed by atoms with Gasteiger partial charge in [0.2, 0.25) is 10.0 Å². The zero-order chi connectivity index (χ0) is 20.9. The minimum atomic E-state index is -3.61. The van der Waals surface area contributed by atoms with Crippen molar-refractivity contribution in [2.75, 3.05) is 18.4 Å². The van der Waals surface area contributed by atoms with E-state index in [0.717, 1.165) is 12.1 Å². The molecule has 8 heteroatoms. The molecule has 0 atom stereocenters. The van der Waals surface area contributed by atoms with Gasteiger partial charge in [0.1, 0.15) is 0 Å². The summed E-state index contributed by atoms with van der Waals surface area (Å²) in [6.45, 7) is 4.35. The van der Waals surface area contributed by atoms with Gasteiger partial charge in [-0.1, -0.05) is 52.0 Å². The molecular formula is C21H30N4O3S. The van der Waals surface area contributed by atoms with Gasteiger partial charge in [0.05, 0.1) is 4.90 Å². The Bertz CT molecular complexity index is 929. The number of nitrogens with one attached hydrogen (secondary N) is 2. The molecule has 2 N–H and O–H groups in total. The molecule has 0 bridgehead atoms. The molecule has 1 heterocycles. The topological polar surface area (TPSA) is 95.2 Å². The number of hydrogen-bond donors (Lipinski definition) is 2. The third-order valence-corrected chi connectivity index (χ3v) is 7.59. The number of aromatic amines is 1. The van der Waals surface area contributed by atoms with E-state index in [0.29, 0.717) is 24.8 Å². The Morgan fingerprint density at radius 1 is 1.17 bits per heavy atom. The summed E-state index contributed by atoms with van der Waals surface area (Å²) in [5.74, 6) is 0.754. The van der Waals surface area contributed by atoms with Gasteiger partial charge in [-0.05, 0) is 30.5 Å². The quantitative estimate of drug-likeness (QED) is 0.681. The SMILES string of the molecule is CCN(CC)S(=O)(=O)c1cccc(C(=O)Nc2cc(CC3CCCCC3)[nH]n2)c1. The van der Waals surface area contributed by atoms with Crippen molar-refractivity contribution in [3.8, 4) is 0 Å². The minimum absolute atomic E-state index is 0.119. The number of nitrogens with zero attached hydrogens (tertiary/aromatic N) is 2. The highest BCUT2D eigenvalue weighted by Gasteiger charge is 2.23. The summed E-state index contributed by atoms with van der Waals surface area (Å²) in [6, 6.07) is 7.99. The summed E-state index contributed by atoms with van der Waals surface area (Å²) in [4.78, 5) is 12.7. The van der Waals surface area contributed by atoms with E-state index in [4.69, 9.17) is 0 Å². The molecule has 7 nitrogen and oxygen atoms in total. The number of amides is 1. The first kappa shape index (κ1) is 21.5. The molecule has 1 aliphatic rings. The molecule has 0 saturated heterocycles. The number of H-pyrrole nitrogens is 1. The highest BCUT2D eigenvalue weighted by Crippen LogP contribution is 2.27. The maximum absolute atomic E-state index is 12.7. The summed E-state index contributed by atoms with van der Waals surface area (Å²) < 4.78 is 26.8. The van der Waals surface area contributed by atoms with Crippen molar-refractivity contribution in [1.29, 1.82) is 0 Å². The van der Waals surface area contributed by atoms with Gasteiger partial charge in [-0.3, -0.25) is 9.89 Å². The zero-order valence-corrected chi connectivity index (χ0v) is 18.0. The van der Waals surface area contributed by atoms with Crippen LogP contribution >= 0.6 is 0 Å². The molecule has 1 saturated carbocycles. The highest BCUT2D eigenvalue weighted by molar-refractivity contribution is 7.89. The van der Waals surface area contributed by atoms with E-state index >= 15 is 0 Å². The molecule has 3 rings (SSSR count). The Morgan fingerprint density at radius 3 is 2.59 bits per heavy atom. The number of anilines is 1. The first-order valence-electron chi connectivity index (χ1n) is 10.4. The van der Waals surface area contributed by atoms with Crippen LogP contribution in [-0.4, -0.2) is 41.9 Å². The molecule has 29 heavy (non-hydrogen) atoms. The second-order valence-electron chi connectivity index (χ2n) is 7.56. The first-order chi connectivity index (χ1) is 13.9. The smallest absolute Gasteiger partial charge is 0.256 e. The van der Waals surface area contributed by atoms with Crippen molar-refractivity contribution < 1.29 is 13.2 Å². The molecule has 1 aromatic carbocycles. The van der Waals surface area contributed by atoms with Crippen LogP contribution < -0.4 is 5.32 Å². The summed E-state index contributed by atoms with van der Waals surface area (Å²) >= 11 is 0. The Kier molecular flexibility index (Phi) is 7.08. The molecule has 1 aromatic heterocycles. The van der Waals surface area contributed by atoms with E-state index in [1.165, 1.54) is 48.5 Å². The number of sulfonamides is 1. The number of benzene rings is 1. The Balaban J connectivity index is 1.68. The van der Waals surface area contributed by atoms with Gasteiger partial charge >= 0.3 is 0 Å². The van der Waals surface area contributed by atoms with Gasteiger partial charge in [-0.15, -0.1) is 0 Å². The lowest BCUT2D eigenvalue weighted by atomic mass is 9.86. The van der Waals surface area contributed by atoms with Crippen molar-refractivity contribution in [3.63, 3.8) is 0 Å². The van der Waals surface area contributed by atoms with Gasteiger partial charge in [-0.25, -0.2) is 8.42 Å². The second kappa shape index (κ2) is 9.54. The first-order valence-corrected chi connectivity index (χ1v) is 11.8. The lowest BCUT2D eigenvalue weighted by Gasteiger charge is -2.20. The van der Waals surface area contributed by atoms with Crippen molar-refractivity contribution in [2.45, 2.75) is 57.3 Å². The van der Waals surface area contributed by atoms with Crippen LogP contribution in [0, 0.1) is 5.92 Å². The standard InChI is InChI=1S/C21H30N4O3S/c1-3-25(4-2)29(27,28)19-12-8-11-17(14-19)21(26)22-20-15-18(23-24-20)13-16-9-6-5-7-10-16/h8,11-12,14-16H,3-7,9-10,13H2,1-2H3,(H2,22,23,24,26). The van der Waals surface area contributed by atoms with Crippen molar-refractivity contribution >= 4 is 21.7 Å². The molecule has 1 aliphatic carbocycles. The van der Waals surface area contributed by atoms with Crippen LogP contribution in [0.25, 0.3) is 0 Å². The predicted octanol–water partition coefficient (Wildman–Crippen LogP) is 3.82. The third-order valence-electron chi connectivity index (χ3n) is 5.55. The Hall–Kier alpha value is -2.19. The maximum atomic E-state index is 12.7. The number of rotatable bonds is 8. The fraction of sp³-hybridized carbons (Fsp3) is 0.524. The fourth-order valence-electron chi connectivity index (χ4n) is 3.93. The minimum Gasteiger partial charge on any atom is -0.305 e. The van der Waals surface area contributed by atoms with E-state index in [2.05, 4.69) is 15.5 Å². The number of carbonyl (C=O) groups excluding carboxylic acids is 1. The highest BCUT2D eigenvalue weighted by atomic mass is 32.2. The molecule has 1 fully saturated rings. The van der Waals surface area contributed by atoms with Gasteiger partial charge < -0.3 is 5.32 Å². The van der Waals surface area contributed by atoms with Gasteiger partial charge in [-0.2, -0.15) is 9.40 Å². The largest absolute Gasteiger partial charge is 0.305 e. The summed E-state index contributed by atoms with van der Waals surface area (Å²) in [5.41, 5.74) is 1.31. The average molecular weight is 419 g/mol. The molecule has 1 amide bonds. The van der Waals surface area contributed by atoms with Gasteiger partial charge in [0, 0.05) is 30.4 Å². The lowest BCUT2D eigenvalue weighted by Crippen LogP contribution is -2.30. The average Bonchev–Trinajstić information content (AvgIpc) is 3.16. The van der Waals surface area contributed by atoms with Crippen LogP contribution in [0.2, 0.25) is 0 Å². The van der Waals surface area contributed by atoms with Crippen LogP contribution in [0.15, 0.2) is 35.2 Å². The van der Waals surface area contributed by atoms with Gasteiger partial charge in [0.15, 0.2) is 5.82 Å². The Morgan fingerprint density at radius 2 is 1.90 bits per heavy atom. The number of hydrogen-bond acceptors (Lipinski definition) is 4. The van der Waals surface area contributed by atoms with Crippen LogP contribution in [-0.2, 0) is 16.4 Å². The predicted molar refractivity (Wildman–Crippen MR) is 113 cm³/mol. The molecule has 0 spiro atoms. The normalized spacial score (nSPS) is 15.6. The van der Waals surface area contributed by atoms with Gasteiger partial charge in [0.25, 0.3) is 5.91 Å². The number of aromatic nitrogens is 2. The molecule has 0 unspecified atom stereocenters. The van der Waals surface area contributed by atoms with E-state index in [-0.39, 0.29) is 16.4 Å². The van der Waals surface area contributed by atoms with Crippen LogP contribution in [0.3, 0.4) is 0 Å². The summed E-state index contributed by atoms with van der Waals surface area (Å²) in [5, 5.41) is 9.96. The van der Waals surface area contributed by atoms with E-state index in [1.54, 1.807) is 26.0 Å². The van der Waals surface area contributed by atoms with Crippen molar-refractivity contribution in [3.05, 3.63) is 41.6 Å². The lowest BCUT2D eigenvalue weighted by molar-refractivity contribution is 0.102. The Labute approximate surface area is 172 Å².